The molecule has 0 aromatic carbocycles. The predicted molar refractivity (Wildman–Crippen MR) is 73.3 cm³/mol. The van der Waals surface area contributed by atoms with E-state index >= 15 is 0 Å². The van der Waals surface area contributed by atoms with Crippen LogP contribution >= 0.6 is 11.3 Å². The van der Waals surface area contributed by atoms with Gasteiger partial charge in [-0.1, -0.05) is 31.7 Å². The molecule has 96 valence electrons. The monoisotopic (exact) mass is 253 g/mol. The fourth-order valence-corrected chi connectivity index (χ4v) is 3.36. The van der Waals surface area contributed by atoms with Crippen LogP contribution < -0.4 is 5.73 Å². The van der Waals surface area contributed by atoms with Crippen molar-refractivity contribution in [3.05, 3.63) is 22.4 Å². The molecule has 1 aromatic heterocycles. The van der Waals surface area contributed by atoms with E-state index in [2.05, 4.69) is 17.5 Å². The highest BCUT2D eigenvalue weighted by atomic mass is 32.1. The van der Waals surface area contributed by atoms with Crippen molar-refractivity contribution in [1.82, 2.24) is 0 Å². The maximum atomic E-state index is 6.26. The highest BCUT2D eigenvalue weighted by Crippen LogP contribution is 2.30. The van der Waals surface area contributed by atoms with E-state index in [-0.39, 0.29) is 12.1 Å². The third-order valence-corrected chi connectivity index (χ3v) is 4.38. The fourth-order valence-electron chi connectivity index (χ4n) is 2.49. The number of nitrogens with two attached hydrogens (primary N) is 1. The summed E-state index contributed by atoms with van der Waals surface area (Å²) in [5.41, 5.74) is 6.07. The molecular formula is C14H23NOS. The van der Waals surface area contributed by atoms with Crippen molar-refractivity contribution >= 4 is 11.3 Å². The lowest BCUT2D eigenvalue weighted by molar-refractivity contribution is -0.0290. The highest BCUT2D eigenvalue weighted by molar-refractivity contribution is 7.10. The maximum Gasteiger partial charge on any atom is 0.107 e. The standard InChI is InChI=1S/C14H23NOS/c1-11(15)14(13-9-6-10-17-13)16-12-7-4-2-3-5-8-12/h6,9-12,14H,2-5,7-8,15H2,1H3. The molecule has 0 bridgehead atoms. The molecule has 17 heavy (non-hydrogen) atoms. The fraction of sp³-hybridized carbons (Fsp3) is 0.714. The van der Waals surface area contributed by atoms with Crippen LogP contribution in [0, 0.1) is 0 Å². The molecule has 0 aliphatic heterocycles. The Morgan fingerprint density at radius 3 is 2.53 bits per heavy atom. The molecular weight excluding hydrogens is 230 g/mol. The van der Waals surface area contributed by atoms with Gasteiger partial charge in [0.05, 0.1) is 6.10 Å². The Morgan fingerprint density at radius 2 is 2.00 bits per heavy atom. The number of hydrogen-bond donors (Lipinski definition) is 1. The summed E-state index contributed by atoms with van der Waals surface area (Å²) >= 11 is 1.75. The minimum Gasteiger partial charge on any atom is -0.368 e. The third-order valence-electron chi connectivity index (χ3n) is 3.44. The Kier molecular flexibility index (Phi) is 5.01. The molecule has 2 nitrogen and oxygen atoms in total. The molecule has 1 aliphatic rings. The summed E-state index contributed by atoms with van der Waals surface area (Å²) in [6.45, 7) is 2.04. The van der Waals surface area contributed by atoms with Gasteiger partial charge in [0.25, 0.3) is 0 Å². The van der Waals surface area contributed by atoms with Gasteiger partial charge in [-0.15, -0.1) is 11.3 Å². The smallest absolute Gasteiger partial charge is 0.107 e. The number of hydrogen-bond acceptors (Lipinski definition) is 3. The van der Waals surface area contributed by atoms with Gasteiger partial charge in [0.2, 0.25) is 0 Å². The topological polar surface area (TPSA) is 35.2 Å². The molecule has 2 rings (SSSR count). The summed E-state index contributed by atoms with van der Waals surface area (Å²) in [6.07, 6.45) is 8.24. The lowest BCUT2D eigenvalue weighted by atomic mass is 10.1. The molecule has 0 amide bonds. The average molecular weight is 253 g/mol. The van der Waals surface area contributed by atoms with Crippen molar-refractivity contribution in [2.24, 2.45) is 5.73 Å². The van der Waals surface area contributed by atoms with Gasteiger partial charge in [-0.3, -0.25) is 0 Å². The van der Waals surface area contributed by atoms with Gasteiger partial charge in [0.15, 0.2) is 0 Å². The first kappa shape index (κ1) is 13.1. The quantitative estimate of drug-likeness (QED) is 0.827. The van der Waals surface area contributed by atoms with E-state index in [4.69, 9.17) is 10.5 Å². The van der Waals surface area contributed by atoms with Crippen molar-refractivity contribution in [3.63, 3.8) is 0 Å². The zero-order chi connectivity index (χ0) is 12.1. The van der Waals surface area contributed by atoms with E-state index in [1.54, 1.807) is 11.3 Å². The van der Waals surface area contributed by atoms with Crippen LogP contribution in [0.15, 0.2) is 17.5 Å². The molecule has 2 atom stereocenters. The largest absolute Gasteiger partial charge is 0.368 e. The van der Waals surface area contributed by atoms with Crippen LogP contribution in [0.2, 0.25) is 0 Å². The first-order chi connectivity index (χ1) is 8.27. The van der Waals surface area contributed by atoms with E-state index in [9.17, 15) is 0 Å². The Hall–Kier alpha value is -0.380. The Bertz CT molecular complexity index is 302. The first-order valence-electron chi connectivity index (χ1n) is 6.72. The second-order valence-corrected chi connectivity index (χ2v) is 6.02. The van der Waals surface area contributed by atoms with Crippen LogP contribution in [0.5, 0.6) is 0 Å². The van der Waals surface area contributed by atoms with Gasteiger partial charge in [0, 0.05) is 10.9 Å². The number of thiophene rings is 1. The van der Waals surface area contributed by atoms with Crippen molar-refractivity contribution in [2.45, 2.75) is 63.7 Å². The molecule has 3 heteroatoms. The van der Waals surface area contributed by atoms with Gasteiger partial charge < -0.3 is 10.5 Å². The molecule has 0 spiro atoms. The summed E-state index contributed by atoms with van der Waals surface area (Å²) in [6, 6.07) is 4.28. The molecule has 1 heterocycles. The van der Waals surface area contributed by atoms with Crippen LogP contribution in [-0.2, 0) is 4.74 Å². The first-order valence-corrected chi connectivity index (χ1v) is 7.60. The zero-order valence-corrected chi connectivity index (χ0v) is 11.4. The molecule has 1 aromatic rings. The van der Waals surface area contributed by atoms with Crippen LogP contribution in [0.25, 0.3) is 0 Å². The SMILES string of the molecule is CC(N)C(OC1CCCCCC1)c1cccs1. The molecule has 1 saturated carbocycles. The predicted octanol–water partition coefficient (Wildman–Crippen LogP) is 3.88. The third kappa shape index (κ3) is 3.80. The molecule has 2 N–H and O–H groups in total. The van der Waals surface area contributed by atoms with Gasteiger partial charge in [0.1, 0.15) is 6.10 Å². The highest BCUT2D eigenvalue weighted by Gasteiger charge is 2.23. The molecule has 1 aliphatic carbocycles. The van der Waals surface area contributed by atoms with E-state index in [0.717, 1.165) is 0 Å². The minimum absolute atomic E-state index is 0.0666. The number of rotatable bonds is 4. The van der Waals surface area contributed by atoms with Crippen molar-refractivity contribution < 1.29 is 4.74 Å². The van der Waals surface area contributed by atoms with Gasteiger partial charge in [-0.25, -0.2) is 0 Å². The lowest BCUT2D eigenvalue weighted by Crippen LogP contribution is -2.29. The summed E-state index contributed by atoms with van der Waals surface area (Å²) < 4.78 is 6.26. The molecule has 0 radical (unpaired) electrons. The minimum atomic E-state index is 0.0666. The van der Waals surface area contributed by atoms with Gasteiger partial charge >= 0.3 is 0 Å². The van der Waals surface area contributed by atoms with Gasteiger partial charge in [-0.05, 0) is 31.2 Å². The molecule has 0 saturated heterocycles. The van der Waals surface area contributed by atoms with E-state index in [1.165, 1.54) is 43.4 Å². The molecule has 1 fully saturated rings. The Morgan fingerprint density at radius 1 is 1.29 bits per heavy atom. The van der Waals surface area contributed by atoms with E-state index in [1.807, 2.05) is 6.92 Å². The van der Waals surface area contributed by atoms with Crippen LogP contribution in [0.3, 0.4) is 0 Å². The van der Waals surface area contributed by atoms with E-state index < -0.39 is 0 Å². The average Bonchev–Trinajstić information content (AvgIpc) is 2.70. The summed E-state index contributed by atoms with van der Waals surface area (Å²) in [7, 11) is 0. The van der Waals surface area contributed by atoms with Crippen LogP contribution in [-0.4, -0.2) is 12.1 Å². The maximum absolute atomic E-state index is 6.26. The van der Waals surface area contributed by atoms with Crippen LogP contribution in [0.1, 0.15) is 56.4 Å². The summed E-state index contributed by atoms with van der Waals surface area (Å²) in [5, 5.41) is 2.10. The second-order valence-electron chi connectivity index (χ2n) is 5.04. The van der Waals surface area contributed by atoms with Crippen LogP contribution in [0.4, 0.5) is 0 Å². The normalized spacial score (nSPS) is 22.0. The van der Waals surface area contributed by atoms with E-state index in [0.29, 0.717) is 6.10 Å². The Labute approximate surface area is 108 Å². The lowest BCUT2D eigenvalue weighted by Gasteiger charge is -2.26. The van der Waals surface area contributed by atoms with Gasteiger partial charge in [-0.2, -0.15) is 0 Å². The summed E-state index contributed by atoms with van der Waals surface area (Å²) in [5.74, 6) is 0. The van der Waals surface area contributed by atoms with Crippen molar-refractivity contribution in [1.29, 1.82) is 0 Å². The Balaban J connectivity index is 1.97. The van der Waals surface area contributed by atoms with Crippen molar-refractivity contribution in [3.8, 4) is 0 Å². The molecule has 2 unspecified atom stereocenters. The van der Waals surface area contributed by atoms with Crippen molar-refractivity contribution in [2.75, 3.05) is 0 Å². The summed E-state index contributed by atoms with van der Waals surface area (Å²) in [4.78, 5) is 1.27. The second kappa shape index (κ2) is 6.53. The number of ether oxygens (including phenoxy) is 1. The zero-order valence-electron chi connectivity index (χ0n) is 10.6.